The Bertz CT molecular complexity index is 1070. The van der Waals surface area contributed by atoms with Gasteiger partial charge in [0.15, 0.2) is 0 Å². The second-order valence-corrected chi connectivity index (χ2v) is 9.16. The van der Waals surface area contributed by atoms with Gasteiger partial charge in [-0.25, -0.2) is 0 Å². The van der Waals surface area contributed by atoms with E-state index in [-0.39, 0.29) is 0 Å². The minimum Gasteiger partial charge on any atom is -0.0622 e. The molecule has 0 aliphatic heterocycles. The zero-order valence-electron chi connectivity index (χ0n) is 15.1. The van der Waals surface area contributed by atoms with Crippen LogP contribution in [0.4, 0.5) is 0 Å². The Balaban J connectivity index is 1.52. The topological polar surface area (TPSA) is 0 Å². The molecule has 4 aliphatic carbocycles. The highest BCUT2D eigenvalue weighted by atomic mass is 15.2. The molecule has 0 saturated heterocycles. The fourth-order valence-corrected chi connectivity index (χ4v) is 8.73. The van der Waals surface area contributed by atoms with Gasteiger partial charge < -0.3 is 0 Å². The van der Waals surface area contributed by atoms with Gasteiger partial charge >= 0.3 is 0 Å². The fourth-order valence-electron chi connectivity index (χ4n) is 8.73. The quantitative estimate of drug-likeness (QED) is 0.570. The average molecular weight is 334 g/mol. The second kappa shape index (κ2) is 3.83. The summed E-state index contributed by atoms with van der Waals surface area (Å²) in [6.45, 7) is 2.59. The van der Waals surface area contributed by atoms with Crippen molar-refractivity contribution in [3.63, 3.8) is 0 Å². The van der Waals surface area contributed by atoms with Crippen LogP contribution in [-0.4, -0.2) is 0 Å². The minimum atomic E-state index is 0.333. The van der Waals surface area contributed by atoms with E-state index < -0.39 is 0 Å². The van der Waals surface area contributed by atoms with Crippen LogP contribution in [0.25, 0.3) is 0 Å². The first kappa shape index (κ1) is 13.8. The Labute approximate surface area is 154 Å². The number of rotatable bonds is 2. The van der Waals surface area contributed by atoms with Gasteiger partial charge in [-0.1, -0.05) is 91.9 Å². The van der Waals surface area contributed by atoms with Crippen LogP contribution in [0.15, 0.2) is 84.9 Å². The molecule has 5 atom stereocenters. The average Bonchev–Trinajstić information content (AvgIpc) is 3.40. The first-order valence-corrected chi connectivity index (χ1v) is 9.94. The third-order valence-electron chi connectivity index (χ3n) is 8.96. The first-order valence-electron chi connectivity index (χ1n) is 9.94. The summed E-state index contributed by atoms with van der Waals surface area (Å²) in [5.74, 6) is 0.734. The smallest absolute Gasteiger partial charge is 0.0196 e. The third kappa shape index (κ3) is 0.969. The van der Waals surface area contributed by atoms with Crippen molar-refractivity contribution in [3.05, 3.63) is 107 Å². The van der Waals surface area contributed by atoms with Crippen LogP contribution < -0.4 is 0 Å². The van der Waals surface area contributed by atoms with E-state index >= 15 is 0 Å². The fraction of sp³-hybridized carbons (Fsp3) is 0.308. The van der Waals surface area contributed by atoms with E-state index in [1.165, 1.54) is 12.8 Å². The zero-order valence-corrected chi connectivity index (χ0v) is 15.1. The molecule has 0 amide bonds. The van der Waals surface area contributed by atoms with Crippen molar-refractivity contribution in [1.82, 2.24) is 0 Å². The molecule has 0 bridgehead atoms. The molecule has 0 unspecified atom stereocenters. The molecule has 0 N–H and O–H groups in total. The summed E-state index contributed by atoms with van der Waals surface area (Å²) in [5.41, 5.74) is 7.98. The summed E-state index contributed by atoms with van der Waals surface area (Å²) in [7, 11) is 0. The van der Waals surface area contributed by atoms with E-state index in [0.29, 0.717) is 21.7 Å². The molecule has 126 valence electrons. The van der Waals surface area contributed by atoms with Crippen molar-refractivity contribution in [2.45, 2.75) is 36.5 Å². The molecule has 0 heteroatoms. The predicted octanol–water partition coefficient (Wildman–Crippen LogP) is 5.63. The van der Waals surface area contributed by atoms with Crippen molar-refractivity contribution < 1.29 is 0 Å². The largest absolute Gasteiger partial charge is 0.0622 e. The number of benzene rings is 3. The maximum absolute atomic E-state index is 2.59. The van der Waals surface area contributed by atoms with E-state index in [1.54, 1.807) is 22.3 Å². The highest BCUT2D eigenvalue weighted by Crippen LogP contribution is 3.15. The van der Waals surface area contributed by atoms with E-state index in [2.05, 4.69) is 91.9 Å². The van der Waals surface area contributed by atoms with Crippen LogP contribution in [0.5, 0.6) is 0 Å². The van der Waals surface area contributed by atoms with Gasteiger partial charge in [0.05, 0.1) is 0 Å². The normalized spacial score (nSPS) is 42.7. The van der Waals surface area contributed by atoms with Crippen LogP contribution in [0.3, 0.4) is 0 Å². The van der Waals surface area contributed by atoms with Crippen molar-refractivity contribution in [2.24, 2.45) is 10.8 Å². The van der Waals surface area contributed by atoms with Gasteiger partial charge in [-0.2, -0.15) is 0 Å². The van der Waals surface area contributed by atoms with E-state index in [0.717, 1.165) is 5.92 Å². The van der Waals surface area contributed by atoms with Gasteiger partial charge in [-0.3, -0.25) is 0 Å². The van der Waals surface area contributed by atoms with Crippen molar-refractivity contribution in [2.75, 3.05) is 0 Å². The van der Waals surface area contributed by atoms with Gasteiger partial charge in [0.2, 0.25) is 0 Å². The molecule has 26 heavy (non-hydrogen) atoms. The van der Waals surface area contributed by atoms with Gasteiger partial charge in [0.1, 0.15) is 0 Å². The van der Waals surface area contributed by atoms with E-state index in [9.17, 15) is 0 Å². The predicted molar refractivity (Wildman–Crippen MR) is 104 cm³/mol. The molecular weight excluding hydrogens is 312 g/mol. The molecule has 3 fully saturated rings. The molecule has 0 heterocycles. The molecule has 0 radical (unpaired) electrons. The highest BCUT2D eigenvalue weighted by molar-refractivity contribution is 5.82. The van der Waals surface area contributed by atoms with E-state index in [4.69, 9.17) is 0 Å². The molecule has 3 saturated carbocycles. The molecule has 3 aromatic carbocycles. The molecule has 0 nitrogen and oxygen atoms in total. The Morgan fingerprint density at radius 2 is 1.35 bits per heavy atom. The Hall–Kier alpha value is -2.34. The van der Waals surface area contributed by atoms with E-state index in [1.807, 2.05) is 0 Å². The molecule has 1 spiro atoms. The third-order valence-corrected chi connectivity index (χ3v) is 8.96. The van der Waals surface area contributed by atoms with Crippen LogP contribution in [0.2, 0.25) is 0 Å². The van der Waals surface area contributed by atoms with Gasteiger partial charge in [0.25, 0.3) is 0 Å². The second-order valence-electron chi connectivity index (χ2n) is 9.16. The summed E-state index contributed by atoms with van der Waals surface area (Å²) in [4.78, 5) is 0. The summed E-state index contributed by atoms with van der Waals surface area (Å²) < 4.78 is 0. The van der Waals surface area contributed by atoms with Gasteiger partial charge in [0, 0.05) is 16.2 Å². The maximum atomic E-state index is 2.59. The summed E-state index contributed by atoms with van der Waals surface area (Å²) in [5, 5.41) is 0. The SMILES string of the molecule is C[C@]12Cc3ccccc3[C@@H]3C[C@]4(c5ccccc5)[C@@]1(c1ccccc1)[C@@]324. The Kier molecular flexibility index (Phi) is 2.04. The Morgan fingerprint density at radius 3 is 2.08 bits per heavy atom. The van der Waals surface area contributed by atoms with Crippen LogP contribution >= 0.6 is 0 Å². The monoisotopic (exact) mass is 334 g/mol. The molecule has 4 aliphatic rings. The molecular formula is C26H22. The molecule has 7 rings (SSSR count). The number of hydrogen-bond donors (Lipinski definition) is 0. The van der Waals surface area contributed by atoms with Gasteiger partial charge in [-0.15, -0.1) is 0 Å². The van der Waals surface area contributed by atoms with Crippen LogP contribution in [0, 0.1) is 10.8 Å². The Morgan fingerprint density at radius 1 is 0.731 bits per heavy atom. The van der Waals surface area contributed by atoms with Crippen LogP contribution in [-0.2, 0) is 17.3 Å². The summed E-state index contributed by atoms with van der Waals surface area (Å²) in [6, 6.07) is 32.1. The standard InChI is InChI=1S/C26H22/c1-23-16-18-10-8-9-15-21(18)22-17-24(19-11-4-2-5-12-19)25(23,26(22,23)24)20-13-6-3-7-14-20/h2-15,22H,16-17H2,1H3/t22-,23-,24-,25-,26-/m0/s1. The lowest BCUT2D eigenvalue weighted by Gasteiger charge is -2.56. The lowest BCUT2D eigenvalue weighted by molar-refractivity contribution is 0.0607. The lowest BCUT2D eigenvalue weighted by Crippen LogP contribution is -2.53. The molecule has 0 aromatic heterocycles. The van der Waals surface area contributed by atoms with Crippen LogP contribution in [0.1, 0.15) is 41.5 Å². The van der Waals surface area contributed by atoms with Crippen molar-refractivity contribution >= 4 is 0 Å². The molecule has 3 aromatic rings. The highest BCUT2D eigenvalue weighted by Gasteiger charge is 3.16. The minimum absolute atomic E-state index is 0.333. The van der Waals surface area contributed by atoms with Gasteiger partial charge in [-0.05, 0) is 46.4 Å². The summed E-state index contributed by atoms with van der Waals surface area (Å²) >= 11 is 0. The number of fused-ring (bicyclic) bond motifs is 4. The maximum Gasteiger partial charge on any atom is 0.0196 e. The van der Waals surface area contributed by atoms with Crippen molar-refractivity contribution in [1.29, 1.82) is 0 Å². The summed E-state index contributed by atoms with van der Waals surface area (Å²) in [6.07, 6.45) is 2.56. The number of hydrogen-bond acceptors (Lipinski definition) is 0. The zero-order chi connectivity index (χ0) is 17.2. The lowest BCUT2D eigenvalue weighted by atomic mass is 9.46. The van der Waals surface area contributed by atoms with Crippen molar-refractivity contribution in [3.8, 4) is 0 Å². The first-order chi connectivity index (χ1) is 12.8.